The molecule has 0 aliphatic rings. The molecule has 0 unspecified atom stereocenters. The highest BCUT2D eigenvalue weighted by Crippen LogP contribution is 2.22. The van der Waals surface area contributed by atoms with Crippen LogP contribution < -0.4 is 0 Å². The van der Waals surface area contributed by atoms with Crippen molar-refractivity contribution in [1.29, 1.82) is 0 Å². The van der Waals surface area contributed by atoms with Crippen molar-refractivity contribution >= 4 is 5.97 Å². The Balaban J connectivity index is 2.69. The predicted molar refractivity (Wildman–Crippen MR) is 52.6 cm³/mol. The van der Waals surface area contributed by atoms with Gasteiger partial charge >= 0.3 is 5.97 Å². The van der Waals surface area contributed by atoms with E-state index in [1.165, 1.54) is 6.26 Å². The molecule has 0 spiro atoms. The summed E-state index contributed by atoms with van der Waals surface area (Å²) in [6.07, 6.45) is 6.12. The summed E-state index contributed by atoms with van der Waals surface area (Å²) in [6, 6.07) is 1.75. The molecule has 0 saturated heterocycles. The van der Waals surface area contributed by atoms with Gasteiger partial charge in [0.2, 0.25) is 0 Å². The summed E-state index contributed by atoms with van der Waals surface area (Å²) in [4.78, 5) is 11.0. The second-order valence-corrected chi connectivity index (χ2v) is 2.71. The molecule has 0 bridgehead atoms. The lowest BCUT2D eigenvalue weighted by atomic mass is 10.1. The summed E-state index contributed by atoms with van der Waals surface area (Å²) in [7, 11) is 0. The molecule has 0 fully saturated rings. The molecule has 1 heterocycles. The molecule has 1 aromatic rings. The van der Waals surface area contributed by atoms with Crippen LogP contribution >= 0.6 is 0 Å². The van der Waals surface area contributed by atoms with Crippen LogP contribution in [-0.4, -0.2) is 5.97 Å². The van der Waals surface area contributed by atoms with E-state index >= 15 is 0 Å². The molecule has 1 aromatic heterocycles. The fraction of sp³-hybridized carbons (Fsp3) is 0.182. The summed E-state index contributed by atoms with van der Waals surface area (Å²) in [6.45, 7) is 6.93. The van der Waals surface area contributed by atoms with E-state index in [9.17, 15) is 4.79 Å². The highest BCUT2D eigenvalue weighted by molar-refractivity contribution is 5.81. The summed E-state index contributed by atoms with van der Waals surface area (Å²) in [5.41, 5.74) is 0.820. The van der Waals surface area contributed by atoms with Gasteiger partial charge in [-0.1, -0.05) is 12.7 Å². The van der Waals surface area contributed by atoms with Crippen molar-refractivity contribution in [3.8, 4) is 0 Å². The van der Waals surface area contributed by atoms with Crippen LogP contribution in [0.5, 0.6) is 0 Å². The van der Waals surface area contributed by atoms with Crippen LogP contribution in [0.15, 0.2) is 48.3 Å². The molecule has 0 aliphatic carbocycles. The maximum Gasteiger partial charge on any atom is 0.330 e. The maximum absolute atomic E-state index is 11.0. The second kappa shape index (κ2) is 5.07. The third-order valence-electron chi connectivity index (χ3n) is 1.72. The van der Waals surface area contributed by atoms with Gasteiger partial charge in [0.25, 0.3) is 0 Å². The van der Waals surface area contributed by atoms with E-state index in [4.69, 9.17) is 9.15 Å². The lowest BCUT2D eigenvalue weighted by Gasteiger charge is -2.12. The van der Waals surface area contributed by atoms with Crippen LogP contribution in [0.2, 0.25) is 0 Å². The number of esters is 1. The lowest BCUT2D eigenvalue weighted by molar-refractivity contribution is -0.143. The van der Waals surface area contributed by atoms with Gasteiger partial charge in [0.05, 0.1) is 12.5 Å². The van der Waals surface area contributed by atoms with E-state index in [2.05, 4.69) is 13.2 Å². The molecule has 0 aromatic carbocycles. The fourth-order valence-electron chi connectivity index (χ4n) is 1.05. The number of rotatable bonds is 5. The Hall–Kier alpha value is -1.77. The van der Waals surface area contributed by atoms with Gasteiger partial charge < -0.3 is 9.15 Å². The minimum atomic E-state index is -0.446. The van der Waals surface area contributed by atoms with Gasteiger partial charge in [0.15, 0.2) is 0 Å². The van der Waals surface area contributed by atoms with Gasteiger partial charge in [-0.3, -0.25) is 0 Å². The molecule has 3 nitrogen and oxygen atoms in total. The van der Waals surface area contributed by atoms with Crippen molar-refractivity contribution in [3.05, 3.63) is 49.5 Å². The largest absolute Gasteiger partial charge is 0.472 e. The molecule has 0 N–H and O–H groups in total. The zero-order valence-electron chi connectivity index (χ0n) is 7.81. The third kappa shape index (κ3) is 2.62. The van der Waals surface area contributed by atoms with E-state index < -0.39 is 5.97 Å². The maximum atomic E-state index is 11.0. The summed E-state index contributed by atoms with van der Waals surface area (Å²) in [5, 5.41) is 0. The molecule has 0 saturated carbocycles. The van der Waals surface area contributed by atoms with Gasteiger partial charge in [-0.05, 0) is 6.07 Å². The summed E-state index contributed by atoms with van der Waals surface area (Å²) >= 11 is 0. The molecule has 0 radical (unpaired) electrons. The number of carbonyl (C=O) groups is 1. The summed E-state index contributed by atoms with van der Waals surface area (Å²) in [5.74, 6) is -0.446. The van der Waals surface area contributed by atoms with Gasteiger partial charge in [-0.15, -0.1) is 6.58 Å². The van der Waals surface area contributed by atoms with Gasteiger partial charge in [0.1, 0.15) is 6.10 Å². The Morgan fingerprint density at radius 1 is 1.64 bits per heavy atom. The van der Waals surface area contributed by atoms with Gasteiger partial charge in [-0.25, -0.2) is 4.79 Å². The summed E-state index contributed by atoms with van der Waals surface area (Å²) < 4.78 is 10.0. The van der Waals surface area contributed by atoms with E-state index in [1.807, 2.05) is 0 Å². The monoisotopic (exact) mass is 192 g/mol. The number of ether oxygens (including phenoxy) is 1. The Morgan fingerprint density at radius 3 is 2.93 bits per heavy atom. The topological polar surface area (TPSA) is 39.4 Å². The predicted octanol–water partition coefficient (Wildman–Crippen LogP) is 2.63. The van der Waals surface area contributed by atoms with Crippen molar-refractivity contribution in [3.63, 3.8) is 0 Å². The van der Waals surface area contributed by atoms with Crippen LogP contribution in [-0.2, 0) is 9.53 Å². The molecule has 0 aliphatic heterocycles. The number of carbonyl (C=O) groups excluding carboxylic acids is 1. The lowest BCUT2D eigenvalue weighted by Crippen LogP contribution is -2.07. The van der Waals surface area contributed by atoms with Crippen molar-refractivity contribution in [2.75, 3.05) is 0 Å². The average molecular weight is 192 g/mol. The third-order valence-corrected chi connectivity index (χ3v) is 1.72. The molecular formula is C11H12O3. The first-order valence-electron chi connectivity index (χ1n) is 4.24. The van der Waals surface area contributed by atoms with Crippen LogP contribution in [0, 0.1) is 0 Å². The SMILES string of the molecule is C=CC[C@H](OC(=O)C=C)c1ccoc1. The smallest absolute Gasteiger partial charge is 0.330 e. The van der Waals surface area contributed by atoms with E-state index in [0.717, 1.165) is 11.6 Å². The highest BCUT2D eigenvalue weighted by Gasteiger charge is 2.14. The van der Waals surface area contributed by atoms with E-state index in [-0.39, 0.29) is 6.10 Å². The van der Waals surface area contributed by atoms with Crippen LogP contribution in [0.3, 0.4) is 0 Å². The Bertz CT molecular complexity index is 311. The van der Waals surface area contributed by atoms with Gasteiger partial charge in [0, 0.05) is 18.1 Å². The fourth-order valence-corrected chi connectivity index (χ4v) is 1.05. The van der Waals surface area contributed by atoms with Crippen LogP contribution in [0.1, 0.15) is 18.1 Å². The first-order chi connectivity index (χ1) is 6.77. The highest BCUT2D eigenvalue weighted by atomic mass is 16.5. The molecule has 74 valence electrons. The van der Waals surface area contributed by atoms with Crippen molar-refractivity contribution in [1.82, 2.24) is 0 Å². The van der Waals surface area contributed by atoms with Gasteiger partial charge in [-0.2, -0.15) is 0 Å². The van der Waals surface area contributed by atoms with E-state index in [0.29, 0.717) is 6.42 Å². The first kappa shape index (κ1) is 10.3. The number of furan rings is 1. The van der Waals surface area contributed by atoms with Crippen LogP contribution in [0.25, 0.3) is 0 Å². The molecule has 1 rings (SSSR count). The normalized spacial score (nSPS) is 11.7. The quantitative estimate of drug-likeness (QED) is 0.409. The molecule has 1 atom stereocenters. The van der Waals surface area contributed by atoms with Crippen molar-refractivity contribution in [2.45, 2.75) is 12.5 Å². The Kier molecular flexibility index (Phi) is 3.73. The Labute approximate surface area is 82.7 Å². The number of hydrogen-bond acceptors (Lipinski definition) is 3. The zero-order chi connectivity index (χ0) is 10.4. The van der Waals surface area contributed by atoms with Crippen molar-refractivity contribution in [2.24, 2.45) is 0 Å². The molecule has 0 amide bonds. The second-order valence-electron chi connectivity index (χ2n) is 2.71. The minimum Gasteiger partial charge on any atom is -0.472 e. The first-order valence-corrected chi connectivity index (χ1v) is 4.24. The van der Waals surface area contributed by atoms with Crippen molar-refractivity contribution < 1.29 is 13.9 Å². The Morgan fingerprint density at radius 2 is 2.43 bits per heavy atom. The standard InChI is InChI=1S/C11H12O3/c1-3-5-10(14-11(12)4-2)9-6-7-13-8-9/h3-4,6-8,10H,1-2,5H2/t10-/m0/s1. The molecular weight excluding hydrogens is 180 g/mol. The minimum absolute atomic E-state index is 0.336. The van der Waals surface area contributed by atoms with E-state index in [1.54, 1.807) is 18.4 Å². The molecule has 14 heavy (non-hydrogen) atoms. The zero-order valence-corrected chi connectivity index (χ0v) is 7.81. The average Bonchev–Trinajstić information content (AvgIpc) is 2.69. The van der Waals surface area contributed by atoms with Crippen LogP contribution in [0.4, 0.5) is 0 Å². The number of hydrogen-bond donors (Lipinski definition) is 0. The molecule has 3 heteroatoms.